The first-order valence-corrected chi connectivity index (χ1v) is 12.0. The quantitative estimate of drug-likeness (QED) is 0.782. The van der Waals surface area contributed by atoms with Crippen LogP contribution in [0.1, 0.15) is 11.1 Å². The Bertz CT molecular complexity index is 1010. The molecule has 27 heavy (non-hydrogen) atoms. The summed E-state index contributed by atoms with van der Waals surface area (Å²) in [6, 6.07) is 13.2. The Labute approximate surface area is 160 Å². The minimum absolute atomic E-state index is 0.104. The first kappa shape index (κ1) is 19.9. The van der Waals surface area contributed by atoms with Gasteiger partial charge in [-0.1, -0.05) is 29.8 Å². The van der Waals surface area contributed by atoms with Crippen LogP contribution in [0.3, 0.4) is 0 Å². The Morgan fingerprint density at radius 2 is 1.81 bits per heavy atom. The van der Waals surface area contributed by atoms with E-state index in [2.05, 4.69) is 5.32 Å². The van der Waals surface area contributed by atoms with E-state index in [0.29, 0.717) is 12.3 Å². The highest BCUT2D eigenvalue weighted by molar-refractivity contribution is 7.96. The highest BCUT2D eigenvalue weighted by Crippen LogP contribution is 2.27. The molecular weight excluding hydrogens is 386 g/mol. The van der Waals surface area contributed by atoms with Gasteiger partial charge >= 0.3 is 0 Å². The molecule has 3 rings (SSSR count). The number of hydrogen-bond donors (Lipinski definition) is 1. The number of nitrogens with one attached hydrogen (secondary N) is 1. The molecule has 0 radical (unpaired) electrons. The summed E-state index contributed by atoms with van der Waals surface area (Å²) in [7, 11) is -5.72. The summed E-state index contributed by atoms with van der Waals surface area (Å²) in [6.45, 7) is 2.39. The van der Waals surface area contributed by atoms with Crippen molar-refractivity contribution in [1.82, 2.24) is 5.32 Å². The van der Waals surface area contributed by atoms with Crippen LogP contribution in [0, 0.1) is 6.92 Å². The fraction of sp³-hybridized carbons (Fsp3) is 0.368. The molecule has 0 spiro atoms. The van der Waals surface area contributed by atoms with Gasteiger partial charge in [-0.25, -0.2) is 16.8 Å². The van der Waals surface area contributed by atoms with Gasteiger partial charge in [0, 0.05) is 12.6 Å². The molecule has 2 unspecified atom stereocenters. The van der Waals surface area contributed by atoms with Crippen LogP contribution in [0.5, 0.6) is 5.75 Å². The maximum atomic E-state index is 13.1. The second-order valence-corrected chi connectivity index (χ2v) is 11.1. The SMILES string of the molecule is COc1ccc(S(=O)(=O)C2CS(=O)(=O)CC2NCc2cccc(C)c2)cc1. The molecule has 8 heteroatoms. The minimum atomic E-state index is -3.79. The molecule has 1 aliphatic heterocycles. The number of aryl methyl sites for hydroxylation is 1. The standard InChI is InChI=1S/C19H23NO5S2/c1-14-4-3-5-15(10-14)11-20-18-12-26(21,22)13-19(18)27(23,24)17-8-6-16(25-2)7-9-17/h3-10,18-20H,11-13H2,1-2H3. The van der Waals surface area contributed by atoms with E-state index in [4.69, 9.17) is 4.74 Å². The van der Waals surface area contributed by atoms with Gasteiger partial charge in [-0.3, -0.25) is 0 Å². The molecule has 1 heterocycles. The van der Waals surface area contributed by atoms with E-state index in [9.17, 15) is 16.8 Å². The Hall–Kier alpha value is -1.90. The Morgan fingerprint density at radius 3 is 2.44 bits per heavy atom. The van der Waals surface area contributed by atoms with E-state index in [-0.39, 0.29) is 16.4 Å². The summed E-state index contributed by atoms with van der Waals surface area (Å²) < 4.78 is 55.5. The number of hydrogen-bond acceptors (Lipinski definition) is 6. The average molecular weight is 410 g/mol. The Kier molecular flexibility index (Phi) is 5.60. The summed E-state index contributed by atoms with van der Waals surface area (Å²) >= 11 is 0. The van der Waals surface area contributed by atoms with Crippen molar-refractivity contribution < 1.29 is 21.6 Å². The van der Waals surface area contributed by atoms with Crippen molar-refractivity contribution >= 4 is 19.7 Å². The van der Waals surface area contributed by atoms with Gasteiger partial charge in [-0.05, 0) is 36.8 Å². The van der Waals surface area contributed by atoms with Gasteiger partial charge in [-0.2, -0.15) is 0 Å². The van der Waals surface area contributed by atoms with Crippen molar-refractivity contribution in [1.29, 1.82) is 0 Å². The lowest BCUT2D eigenvalue weighted by Crippen LogP contribution is -2.43. The summed E-state index contributed by atoms with van der Waals surface area (Å²) in [6.07, 6.45) is 0. The molecule has 2 aromatic rings. The topological polar surface area (TPSA) is 89.5 Å². The third-order valence-corrected chi connectivity index (χ3v) is 8.90. The first-order chi connectivity index (χ1) is 12.7. The van der Waals surface area contributed by atoms with Crippen molar-refractivity contribution in [2.24, 2.45) is 0 Å². The zero-order valence-corrected chi connectivity index (χ0v) is 16.9. The molecule has 0 aromatic heterocycles. The van der Waals surface area contributed by atoms with Crippen molar-refractivity contribution in [3.63, 3.8) is 0 Å². The van der Waals surface area contributed by atoms with E-state index in [1.807, 2.05) is 31.2 Å². The molecular formula is C19H23NO5S2. The number of ether oxygens (including phenoxy) is 1. The largest absolute Gasteiger partial charge is 0.497 e. The second kappa shape index (κ2) is 7.61. The molecule has 2 atom stereocenters. The van der Waals surface area contributed by atoms with Gasteiger partial charge in [0.1, 0.15) is 5.75 Å². The van der Waals surface area contributed by atoms with Crippen molar-refractivity contribution in [2.75, 3.05) is 18.6 Å². The van der Waals surface area contributed by atoms with Gasteiger partial charge in [0.25, 0.3) is 0 Å². The number of sulfone groups is 2. The zero-order valence-electron chi connectivity index (χ0n) is 15.3. The fourth-order valence-electron chi connectivity index (χ4n) is 3.32. The summed E-state index contributed by atoms with van der Waals surface area (Å²) in [5, 5.41) is 2.13. The smallest absolute Gasteiger partial charge is 0.183 e. The van der Waals surface area contributed by atoms with Crippen LogP contribution in [0.15, 0.2) is 53.4 Å². The number of benzene rings is 2. The van der Waals surface area contributed by atoms with Gasteiger partial charge in [0.15, 0.2) is 19.7 Å². The highest BCUT2D eigenvalue weighted by Gasteiger charge is 2.45. The average Bonchev–Trinajstić information content (AvgIpc) is 2.95. The second-order valence-electron chi connectivity index (χ2n) is 6.81. The predicted molar refractivity (Wildman–Crippen MR) is 104 cm³/mol. The molecule has 0 bridgehead atoms. The molecule has 1 N–H and O–H groups in total. The van der Waals surface area contributed by atoms with E-state index in [1.165, 1.54) is 19.2 Å². The van der Waals surface area contributed by atoms with Crippen LogP contribution in [0.4, 0.5) is 0 Å². The number of rotatable bonds is 6. The molecule has 6 nitrogen and oxygen atoms in total. The number of methoxy groups -OCH3 is 1. The third-order valence-electron chi connectivity index (χ3n) is 4.74. The van der Waals surface area contributed by atoms with Crippen molar-refractivity contribution in [3.05, 3.63) is 59.7 Å². The van der Waals surface area contributed by atoms with E-state index < -0.39 is 31.0 Å². The maximum absolute atomic E-state index is 13.1. The highest BCUT2D eigenvalue weighted by atomic mass is 32.2. The third kappa shape index (κ3) is 4.51. The summed E-state index contributed by atoms with van der Waals surface area (Å²) in [5.74, 6) is -0.00626. The fourth-order valence-corrected chi connectivity index (χ4v) is 8.04. The minimum Gasteiger partial charge on any atom is -0.497 e. The van der Waals surface area contributed by atoms with Crippen LogP contribution in [-0.4, -0.2) is 46.7 Å². The lowest BCUT2D eigenvalue weighted by Gasteiger charge is -2.20. The molecule has 0 saturated carbocycles. The molecule has 1 saturated heterocycles. The van der Waals surface area contributed by atoms with Gasteiger partial charge < -0.3 is 10.1 Å². The zero-order chi connectivity index (χ0) is 19.7. The van der Waals surface area contributed by atoms with Crippen LogP contribution in [0.25, 0.3) is 0 Å². The summed E-state index contributed by atoms with van der Waals surface area (Å²) in [5.41, 5.74) is 2.08. The molecule has 1 fully saturated rings. The van der Waals surface area contributed by atoms with Gasteiger partial charge in [0.2, 0.25) is 0 Å². The van der Waals surface area contributed by atoms with Gasteiger partial charge in [-0.15, -0.1) is 0 Å². The lowest BCUT2D eigenvalue weighted by molar-refractivity contribution is 0.414. The molecule has 146 valence electrons. The van der Waals surface area contributed by atoms with Crippen molar-refractivity contribution in [2.45, 2.75) is 29.7 Å². The first-order valence-electron chi connectivity index (χ1n) is 8.58. The Morgan fingerprint density at radius 1 is 1.11 bits per heavy atom. The Balaban J connectivity index is 1.84. The lowest BCUT2D eigenvalue weighted by atomic mass is 10.1. The van der Waals surface area contributed by atoms with E-state index >= 15 is 0 Å². The normalized spacial score (nSPS) is 21.9. The van der Waals surface area contributed by atoms with E-state index in [1.54, 1.807) is 12.1 Å². The van der Waals surface area contributed by atoms with E-state index in [0.717, 1.165) is 11.1 Å². The molecule has 1 aliphatic rings. The van der Waals surface area contributed by atoms with Crippen molar-refractivity contribution in [3.8, 4) is 5.75 Å². The maximum Gasteiger partial charge on any atom is 0.183 e. The molecule has 0 aliphatic carbocycles. The van der Waals surface area contributed by atoms with Crippen LogP contribution in [0.2, 0.25) is 0 Å². The monoisotopic (exact) mass is 409 g/mol. The van der Waals surface area contributed by atoms with Gasteiger partial charge in [0.05, 0.1) is 28.8 Å². The van der Waals surface area contributed by atoms with Crippen LogP contribution in [-0.2, 0) is 26.2 Å². The summed E-state index contributed by atoms with van der Waals surface area (Å²) in [4.78, 5) is 0.104. The van der Waals surface area contributed by atoms with Crippen LogP contribution >= 0.6 is 0 Å². The molecule has 0 amide bonds. The predicted octanol–water partition coefficient (Wildman–Crippen LogP) is 1.73. The molecule has 2 aromatic carbocycles. The van der Waals surface area contributed by atoms with Crippen LogP contribution < -0.4 is 10.1 Å².